The minimum atomic E-state index is 0.240. The molecule has 0 aliphatic heterocycles. The molecule has 2 rings (SSSR count). The van der Waals surface area contributed by atoms with Crippen LogP contribution >= 0.6 is 0 Å². The van der Waals surface area contributed by atoms with Crippen molar-refractivity contribution in [1.29, 1.82) is 0 Å². The number of aromatic nitrogens is 2. The summed E-state index contributed by atoms with van der Waals surface area (Å²) in [6.45, 7) is 2.03. The van der Waals surface area contributed by atoms with E-state index in [2.05, 4.69) is 20.2 Å². The first-order valence-electron chi connectivity index (χ1n) is 4.69. The molecule has 0 N–H and O–H groups in total. The van der Waals surface area contributed by atoms with Crippen LogP contribution in [0.4, 0.5) is 0 Å². The van der Waals surface area contributed by atoms with Gasteiger partial charge in [0.15, 0.2) is 0 Å². The largest absolute Gasteiger partial charge is 0.361 e. The van der Waals surface area contributed by atoms with E-state index >= 15 is 0 Å². The lowest BCUT2D eigenvalue weighted by Crippen LogP contribution is -1.86. The van der Waals surface area contributed by atoms with Crippen LogP contribution in [0, 0.1) is 6.92 Å². The zero-order chi connectivity index (χ0) is 11.4. The number of hydrogen-bond donors (Lipinski definition) is 0. The van der Waals surface area contributed by atoms with Gasteiger partial charge in [0.1, 0.15) is 11.5 Å². The minimum absolute atomic E-state index is 0.240. The van der Waals surface area contributed by atoms with E-state index in [1.165, 1.54) is 0 Å². The van der Waals surface area contributed by atoms with Crippen LogP contribution < -0.4 is 0 Å². The molecule has 0 bridgehead atoms. The number of nitrogens with zero attached hydrogens (tertiary/aromatic N) is 5. The third-order valence-electron chi connectivity index (χ3n) is 2.23. The zero-order valence-electron chi connectivity index (χ0n) is 8.66. The molecule has 0 aliphatic rings. The van der Waals surface area contributed by atoms with Crippen LogP contribution in [-0.2, 0) is 6.54 Å². The Morgan fingerprint density at radius 3 is 2.88 bits per heavy atom. The SMILES string of the molecule is Cc1onc(-c2ccncc2)c1CN=[N+]=[N-]. The maximum atomic E-state index is 8.31. The molecule has 0 aliphatic carbocycles. The molecular formula is C10H9N5O. The Morgan fingerprint density at radius 2 is 2.19 bits per heavy atom. The summed E-state index contributed by atoms with van der Waals surface area (Å²) in [7, 11) is 0. The molecule has 0 saturated heterocycles. The van der Waals surface area contributed by atoms with Gasteiger partial charge in [-0.1, -0.05) is 10.3 Å². The van der Waals surface area contributed by atoms with Crippen molar-refractivity contribution in [2.45, 2.75) is 13.5 Å². The summed E-state index contributed by atoms with van der Waals surface area (Å²) in [5, 5.41) is 7.48. The topological polar surface area (TPSA) is 87.7 Å². The van der Waals surface area contributed by atoms with E-state index in [-0.39, 0.29) is 6.54 Å². The fourth-order valence-corrected chi connectivity index (χ4v) is 1.42. The quantitative estimate of drug-likeness (QED) is 0.448. The van der Waals surface area contributed by atoms with Gasteiger partial charge < -0.3 is 4.52 Å². The number of azide groups is 1. The van der Waals surface area contributed by atoms with Crippen LogP contribution in [0.1, 0.15) is 11.3 Å². The second-order valence-electron chi connectivity index (χ2n) is 3.19. The number of hydrogen-bond acceptors (Lipinski definition) is 4. The summed E-state index contributed by atoms with van der Waals surface area (Å²) in [5.74, 6) is 0.666. The molecule has 0 saturated carbocycles. The second-order valence-corrected chi connectivity index (χ2v) is 3.19. The molecule has 2 aromatic rings. The average molecular weight is 215 g/mol. The molecule has 6 heteroatoms. The normalized spacial score (nSPS) is 9.81. The monoisotopic (exact) mass is 215 g/mol. The van der Waals surface area contributed by atoms with Crippen molar-refractivity contribution in [3.05, 3.63) is 46.3 Å². The highest BCUT2D eigenvalue weighted by Crippen LogP contribution is 2.25. The van der Waals surface area contributed by atoms with E-state index in [9.17, 15) is 0 Å². The Labute approximate surface area is 91.5 Å². The Bertz CT molecular complexity index is 527. The van der Waals surface area contributed by atoms with Gasteiger partial charge in [-0.15, -0.1) is 0 Å². The number of rotatable bonds is 3. The molecule has 0 aromatic carbocycles. The number of aryl methyl sites for hydroxylation is 1. The van der Waals surface area contributed by atoms with Crippen LogP contribution in [-0.4, -0.2) is 10.1 Å². The van der Waals surface area contributed by atoms with Gasteiger partial charge in [0, 0.05) is 28.4 Å². The summed E-state index contributed by atoms with van der Waals surface area (Å²) in [6.07, 6.45) is 3.35. The zero-order valence-corrected chi connectivity index (χ0v) is 8.66. The first-order chi connectivity index (χ1) is 7.83. The smallest absolute Gasteiger partial charge is 0.137 e. The van der Waals surface area contributed by atoms with E-state index in [1.54, 1.807) is 19.3 Å². The van der Waals surface area contributed by atoms with Gasteiger partial charge in [0.25, 0.3) is 0 Å². The molecule has 2 heterocycles. The molecule has 0 unspecified atom stereocenters. The van der Waals surface area contributed by atoms with E-state index in [0.29, 0.717) is 11.5 Å². The summed E-state index contributed by atoms with van der Waals surface area (Å²) in [6, 6.07) is 3.66. The maximum absolute atomic E-state index is 8.31. The molecule has 0 amide bonds. The Hall–Kier alpha value is -2.33. The fraction of sp³-hybridized carbons (Fsp3) is 0.200. The average Bonchev–Trinajstić information content (AvgIpc) is 2.69. The second kappa shape index (κ2) is 4.46. The lowest BCUT2D eigenvalue weighted by atomic mass is 10.1. The van der Waals surface area contributed by atoms with Crippen LogP contribution in [0.5, 0.6) is 0 Å². The molecule has 0 atom stereocenters. The van der Waals surface area contributed by atoms with Gasteiger partial charge in [-0.25, -0.2) is 0 Å². The third kappa shape index (κ3) is 1.87. The van der Waals surface area contributed by atoms with Crippen molar-refractivity contribution in [1.82, 2.24) is 10.1 Å². The predicted octanol–water partition coefficient (Wildman–Crippen LogP) is 2.86. The maximum Gasteiger partial charge on any atom is 0.137 e. The van der Waals surface area contributed by atoms with E-state index < -0.39 is 0 Å². The van der Waals surface area contributed by atoms with Crippen LogP contribution in [0.3, 0.4) is 0 Å². The van der Waals surface area contributed by atoms with Gasteiger partial charge in [0.05, 0.1) is 6.54 Å². The summed E-state index contributed by atoms with van der Waals surface area (Å²) in [5.41, 5.74) is 10.7. The molecule has 16 heavy (non-hydrogen) atoms. The van der Waals surface area contributed by atoms with Crippen LogP contribution in [0.2, 0.25) is 0 Å². The van der Waals surface area contributed by atoms with Crippen LogP contribution in [0.15, 0.2) is 34.2 Å². The van der Waals surface area contributed by atoms with E-state index in [4.69, 9.17) is 10.1 Å². The fourth-order valence-electron chi connectivity index (χ4n) is 1.42. The lowest BCUT2D eigenvalue weighted by Gasteiger charge is -1.97. The summed E-state index contributed by atoms with van der Waals surface area (Å²) < 4.78 is 5.09. The Morgan fingerprint density at radius 1 is 1.44 bits per heavy atom. The van der Waals surface area contributed by atoms with Crippen molar-refractivity contribution < 1.29 is 4.52 Å². The summed E-state index contributed by atoms with van der Waals surface area (Å²) >= 11 is 0. The first-order valence-corrected chi connectivity index (χ1v) is 4.69. The van der Waals surface area contributed by atoms with Crippen molar-refractivity contribution in [2.75, 3.05) is 0 Å². The van der Waals surface area contributed by atoms with Gasteiger partial charge >= 0.3 is 0 Å². The van der Waals surface area contributed by atoms with Gasteiger partial charge in [0.2, 0.25) is 0 Å². The molecule has 0 fully saturated rings. The lowest BCUT2D eigenvalue weighted by molar-refractivity contribution is 0.398. The minimum Gasteiger partial charge on any atom is -0.361 e. The highest BCUT2D eigenvalue weighted by Gasteiger charge is 2.13. The standard InChI is InChI=1S/C10H9N5O/c1-7-9(6-13-15-11)10(14-16-7)8-2-4-12-5-3-8/h2-5H,6H2,1H3. The van der Waals surface area contributed by atoms with Crippen molar-refractivity contribution >= 4 is 0 Å². The van der Waals surface area contributed by atoms with E-state index in [0.717, 1.165) is 11.1 Å². The van der Waals surface area contributed by atoms with Crippen molar-refractivity contribution in [2.24, 2.45) is 5.11 Å². The molecular weight excluding hydrogens is 206 g/mol. The van der Waals surface area contributed by atoms with Gasteiger partial charge in [-0.2, -0.15) is 0 Å². The molecule has 2 aromatic heterocycles. The van der Waals surface area contributed by atoms with Gasteiger partial charge in [-0.05, 0) is 24.6 Å². The molecule has 6 nitrogen and oxygen atoms in total. The van der Waals surface area contributed by atoms with Crippen molar-refractivity contribution in [3.8, 4) is 11.3 Å². The van der Waals surface area contributed by atoms with Crippen molar-refractivity contribution in [3.63, 3.8) is 0 Å². The number of pyridine rings is 1. The molecule has 0 spiro atoms. The highest BCUT2D eigenvalue weighted by molar-refractivity contribution is 5.62. The van der Waals surface area contributed by atoms with Crippen LogP contribution in [0.25, 0.3) is 21.7 Å². The van der Waals surface area contributed by atoms with E-state index in [1.807, 2.05) is 12.1 Å². The molecule has 80 valence electrons. The third-order valence-corrected chi connectivity index (χ3v) is 2.23. The molecule has 0 radical (unpaired) electrons. The first kappa shape index (κ1) is 10.2. The predicted molar refractivity (Wildman–Crippen MR) is 57.3 cm³/mol. The Kier molecular flexibility index (Phi) is 2.84. The summed E-state index contributed by atoms with van der Waals surface area (Å²) in [4.78, 5) is 6.66. The van der Waals surface area contributed by atoms with Gasteiger partial charge in [-0.3, -0.25) is 4.98 Å². The highest BCUT2D eigenvalue weighted by atomic mass is 16.5. The Balaban J connectivity index is 2.45.